The number of amides is 2. The molecule has 142 valence electrons. The molecule has 2 aromatic carbocycles. The molecule has 0 spiro atoms. The van der Waals surface area contributed by atoms with Gasteiger partial charge >= 0.3 is 0 Å². The van der Waals surface area contributed by atoms with Gasteiger partial charge in [-0.15, -0.1) is 0 Å². The third-order valence-corrected chi connectivity index (χ3v) is 3.99. The Balaban J connectivity index is 1.78. The van der Waals surface area contributed by atoms with Crippen molar-refractivity contribution in [1.29, 1.82) is 0 Å². The van der Waals surface area contributed by atoms with Gasteiger partial charge in [0.1, 0.15) is 11.6 Å². The molecule has 1 heterocycles. The average molecular weight is 400 g/mol. The maximum Gasteiger partial charge on any atom is 0.257 e. The first-order valence-electron chi connectivity index (χ1n) is 8.13. The molecule has 0 saturated heterocycles. The van der Waals surface area contributed by atoms with Crippen LogP contribution in [-0.4, -0.2) is 23.9 Å². The number of nitrogens with zero attached hydrogens (tertiary/aromatic N) is 1. The van der Waals surface area contributed by atoms with Crippen LogP contribution in [0.1, 0.15) is 20.7 Å². The van der Waals surface area contributed by atoms with Crippen LogP contribution in [0.4, 0.5) is 15.8 Å². The van der Waals surface area contributed by atoms with Crippen LogP contribution in [0.3, 0.4) is 0 Å². The van der Waals surface area contributed by atoms with Crippen LogP contribution in [-0.2, 0) is 0 Å². The highest BCUT2D eigenvalue weighted by molar-refractivity contribution is 6.31. The van der Waals surface area contributed by atoms with E-state index in [2.05, 4.69) is 15.6 Å². The van der Waals surface area contributed by atoms with Crippen LogP contribution in [0.5, 0.6) is 5.75 Å². The largest absolute Gasteiger partial charge is 0.495 e. The number of nitrogens with one attached hydrogen (secondary N) is 2. The highest BCUT2D eigenvalue weighted by atomic mass is 35.5. The number of carbonyl (C=O) groups is 2. The van der Waals surface area contributed by atoms with E-state index in [0.717, 1.165) is 0 Å². The Morgan fingerprint density at radius 1 is 1.00 bits per heavy atom. The summed E-state index contributed by atoms with van der Waals surface area (Å²) in [5.41, 5.74) is 0.988. The Morgan fingerprint density at radius 3 is 2.39 bits per heavy atom. The first-order valence-corrected chi connectivity index (χ1v) is 8.51. The number of methoxy groups -OCH3 is 1. The smallest absolute Gasteiger partial charge is 0.257 e. The molecular weight excluding hydrogens is 385 g/mol. The van der Waals surface area contributed by atoms with Crippen molar-refractivity contribution in [3.8, 4) is 5.75 Å². The number of pyridine rings is 1. The van der Waals surface area contributed by atoms with Gasteiger partial charge in [-0.2, -0.15) is 0 Å². The fraction of sp³-hybridized carbons (Fsp3) is 0.0500. The van der Waals surface area contributed by atoms with E-state index in [-0.39, 0.29) is 11.1 Å². The van der Waals surface area contributed by atoms with E-state index in [4.69, 9.17) is 16.3 Å². The summed E-state index contributed by atoms with van der Waals surface area (Å²) in [6, 6.07) is 11.7. The number of benzene rings is 2. The van der Waals surface area contributed by atoms with Gasteiger partial charge in [-0.1, -0.05) is 17.7 Å². The molecule has 0 unspecified atom stereocenters. The Kier molecular flexibility index (Phi) is 5.86. The van der Waals surface area contributed by atoms with Gasteiger partial charge in [-0.25, -0.2) is 4.39 Å². The first kappa shape index (κ1) is 19.3. The Hall–Kier alpha value is -3.45. The van der Waals surface area contributed by atoms with Gasteiger partial charge in [0.15, 0.2) is 0 Å². The van der Waals surface area contributed by atoms with E-state index >= 15 is 0 Å². The molecule has 0 aliphatic rings. The molecular formula is C20H15ClFN3O3. The molecule has 0 atom stereocenters. The van der Waals surface area contributed by atoms with Crippen molar-refractivity contribution in [2.75, 3.05) is 17.7 Å². The van der Waals surface area contributed by atoms with Crippen molar-refractivity contribution in [3.05, 3.63) is 82.9 Å². The highest BCUT2D eigenvalue weighted by Crippen LogP contribution is 2.28. The van der Waals surface area contributed by atoms with Gasteiger partial charge in [0.05, 0.1) is 23.9 Å². The summed E-state index contributed by atoms with van der Waals surface area (Å²) in [4.78, 5) is 28.8. The van der Waals surface area contributed by atoms with Gasteiger partial charge in [-0.3, -0.25) is 14.6 Å². The lowest BCUT2D eigenvalue weighted by Crippen LogP contribution is -2.16. The van der Waals surface area contributed by atoms with Gasteiger partial charge in [0, 0.05) is 23.1 Å². The Labute approximate surface area is 165 Å². The number of halogens is 2. The average Bonchev–Trinajstić information content (AvgIpc) is 2.68. The van der Waals surface area contributed by atoms with Crippen LogP contribution in [0.25, 0.3) is 0 Å². The molecule has 2 amide bonds. The molecule has 0 radical (unpaired) electrons. The maximum atomic E-state index is 13.3. The molecule has 3 aromatic rings. The van der Waals surface area contributed by atoms with Gasteiger partial charge in [0.25, 0.3) is 11.8 Å². The summed E-state index contributed by atoms with van der Waals surface area (Å²) in [6.07, 6.45) is 2.64. The topological polar surface area (TPSA) is 80.3 Å². The van der Waals surface area contributed by atoms with Crippen molar-refractivity contribution in [1.82, 2.24) is 4.98 Å². The molecule has 0 fully saturated rings. The molecule has 8 heteroatoms. The summed E-state index contributed by atoms with van der Waals surface area (Å²) >= 11 is 5.96. The van der Waals surface area contributed by atoms with Crippen molar-refractivity contribution in [2.24, 2.45) is 0 Å². The number of hydrogen-bond acceptors (Lipinski definition) is 4. The minimum absolute atomic E-state index is 0.148. The van der Waals surface area contributed by atoms with Crippen molar-refractivity contribution in [2.45, 2.75) is 0 Å². The fourth-order valence-electron chi connectivity index (χ4n) is 2.43. The lowest BCUT2D eigenvalue weighted by atomic mass is 10.1. The van der Waals surface area contributed by atoms with Crippen molar-refractivity contribution < 1.29 is 18.7 Å². The van der Waals surface area contributed by atoms with E-state index < -0.39 is 17.6 Å². The highest BCUT2D eigenvalue weighted by Gasteiger charge is 2.14. The molecule has 0 aliphatic heterocycles. The summed E-state index contributed by atoms with van der Waals surface area (Å²) in [7, 11) is 1.47. The van der Waals surface area contributed by atoms with Crippen molar-refractivity contribution in [3.63, 3.8) is 0 Å². The lowest BCUT2D eigenvalue weighted by molar-refractivity contribution is 0.102. The molecule has 2 N–H and O–H groups in total. The van der Waals surface area contributed by atoms with Crippen LogP contribution < -0.4 is 15.4 Å². The summed E-state index contributed by atoms with van der Waals surface area (Å²) in [6.45, 7) is 0. The monoisotopic (exact) mass is 399 g/mol. The van der Waals surface area contributed by atoms with E-state index in [1.165, 1.54) is 43.8 Å². The molecule has 1 aromatic heterocycles. The summed E-state index contributed by atoms with van der Waals surface area (Å²) in [5, 5.41) is 5.65. The SMILES string of the molecule is COc1ccc(Cl)cc1NC(=O)c1cncc(C(=O)Nc2cccc(F)c2)c1. The Bertz CT molecular complexity index is 1040. The second kappa shape index (κ2) is 8.49. The van der Waals surface area contributed by atoms with Crippen LogP contribution in [0, 0.1) is 5.82 Å². The van der Waals surface area contributed by atoms with Crippen LogP contribution in [0.2, 0.25) is 5.02 Å². The zero-order valence-electron chi connectivity index (χ0n) is 14.7. The lowest BCUT2D eigenvalue weighted by Gasteiger charge is -2.11. The van der Waals surface area contributed by atoms with E-state index in [0.29, 0.717) is 22.1 Å². The second-order valence-electron chi connectivity index (χ2n) is 5.73. The molecule has 0 bridgehead atoms. The molecule has 0 saturated carbocycles. The minimum atomic E-state index is -0.520. The van der Waals surface area contributed by atoms with E-state index in [9.17, 15) is 14.0 Å². The summed E-state index contributed by atoms with van der Waals surface area (Å²) < 4.78 is 18.4. The van der Waals surface area contributed by atoms with Crippen LogP contribution >= 0.6 is 11.6 Å². The Morgan fingerprint density at radius 2 is 1.71 bits per heavy atom. The van der Waals surface area contributed by atoms with E-state index in [1.807, 2.05) is 0 Å². The zero-order valence-corrected chi connectivity index (χ0v) is 15.5. The third-order valence-electron chi connectivity index (χ3n) is 3.75. The standard InChI is InChI=1S/C20H15ClFN3O3/c1-28-18-6-5-14(21)8-17(18)25-20(27)13-7-12(10-23-11-13)19(26)24-16-4-2-3-15(22)9-16/h2-11H,1H3,(H,24,26)(H,25,27). The van der Waals surface area contributed by atoms with Gasteiger partial charge in [-0.05, 0) is 42.5 Å². The predicted molar refractivity (Wildman–Crippen MR) is 105 cm³/mol. The van der Waals surface area contributed by atoms with Crippen molar-refractivity contribution >= 4 is 34.8 Å². The fourth-order valence-corrected chi connectivity index (χ4v) is 2.60. The minimum Gasteiger partial charge on any atom is -0.495 e. The quantitative estimate of drug-likeness (QED) is 0.667. The number of carbonyl (C=O) groups excluding carboxylic acids is 2. The maximum absolute atomic E-state index is 13.3. The zero-order chi connectivity index (χ0) is 20.1. The number of ether oxygens (including phenoxy) is 1. The van der Waals surface area contributed by atoms with Gasteiger partial charge in [0.2, 0.25) is 0 Å². The second-order valence-corrected chi connectivity index (χ2v) is 6.16. The van der Waals surface area contributed by atoms with E-state index in [1.54, 1.807) is 24.3 Å². The first-order chi connectivity index (χ1) is 13.5. The number of aromatic nitrogens is 1. The van der Waals surface area contributed by atoms with Crippen LogP contribution in [0.15, 0.2) is 60.9 Å². The third kappa shape index (κ3) is 4.63. The normalized spacial score (nSPS) is 10.2. The summed E-state index contributed by atoms with van der Waals surface area (Å²) in [5.74, 6) is -1.05. The molecule has 3 rings (SSSR count). The molecule has 28 heavy (non-hydrogen) atoms. The number of rotatable bonds is 5. The molecule has 0 aliphatic carbocycles. The number of anilines is 2. The van der Waals surface area contributed by atoms with Gasteiger partial charge < -0.3 is 15.4 Å². The number of hydrogen-bond donors (Lipinski definition) is 2. The molecule has 6 nitrogen and oxygen atoms in total. The predicted octanol–water partition coefficient (Wildman–Crippen LogP) is 4.39.